The quantitative estimate of drug-likeness (QED) is 0.814. The molecule has 1 amide bonds. The molecule has 0 bridgehead atoms. The second-order valence-corrected chi connectivity index (χ2v) is 6.10. The van der Waals surface area contributed by atoms with Gasteiger partial charge in [0.05, 0.1) is 11.6 Å². The van der Waals surface area contributed by atoms with E-state index in [-0.39, 0.29) is 5.91 Å². The summed E-state index contributed by atoms with van der Waals surface area (Å²) < 4.78 is 1.03. The maximum absolute atomic E-state index is 12.2. The SMILES string of the molecule is CN(Cc1ccc(C#N)cc1)C(=O)CCc1cccc(Br)c1. The molecule has 112 valence electrons. The van der Waals surface area contributed by atoms with Crippen LogP contribution in [0.4, 0.5) is 0 Å². The number of nitrogens with zero attached hydrogens (tertiary/aromatic N) is 2. The Bertz CT molecular complexity index is 689. The van der Waals surface area contributed by atoms with Gasteiger partial charge >= 0.3 is 0 Å². The molecule has 0 spiro atoms. The van der Waals surface area contributed by atoms with Crippen molar-refractivity contribution < 1.29 is 4.79 Å². The molecule has 0 aromatic heterocycles. The molecule has 0 unspecified atom stereocenters. The largest absolute Gasteiger partial charge is 0.341 e. The molecule has 0 heterocycles. The van der Waals surface area contributed by atoms with Crippen molar-refractivity contribution in [1.29, 1.82) is 5.26 Å². The minimum Gasteiger partial charge on any atom is -0.341 e. The summed E-state index contributed by atoms with van der Waals surface area (Å²) in [7, 11) is 1.81. The lowest BCUT2D eigenvalue weighted by molar-refractivity contribution is -0.130. The van der Waals surface area contributed by atoms with E-state index < -0.39 is 0 Å². The van der Waals surface area contributed by atoms with E-state index in [1.54, 1.807) is 24.1 Å². The van der Waals surface area contributed by atoms with Gasteiger partial charge in [0.15, 0.2) is 0 Å². The van der Waals surface area contributed by atoms with Crippen LogP contribution in [0.2, 0.25) is 0 Å². The Morgan fingerprint density at radius 3 is 2.55 bits per heavy atom. The third kappa shape index (κ3) is 4.71. The van der Waals surface area contributed by atoms with Gasteiger partial charge in [-0.05, 0) is 41.8 Å². The van der Waals surface area contributed by atoms with Crippen LogP contribution in [0.25, 0.3) is 0 Å². The standard InChI is InChI=1S/C18H17BrN2O/c1-21(13-16-7-5-15(12-20)6-8-16)18(22)10-9-14-3-2-4-17(19)11-14/h2-8,11H,9-10,13H2,1H3. The molecule has 0 aliphatic heterocycles. The van der Waals surface area contributed by atoms with Crippen LogP contribution >= 0.6 is 15.9 Å². The number of carbonyl (C=O) groups is 1. The lowest BCUT2D eigenvalue weighted by Crippen LogP contribution is -2.26. The lowest BCUT2D eigenvalue weighted by Gasteiger charge is -2.17. The van der Waals surface area contributed by atoms with Gasteiger partial charge in [0, 0.05) is 24.5 Å². The highest BCUT2D eigenvalue weighted by molar-refractivity contribution is 9.10. The number of hydrogen-bond donors (Lipinski definition) is 0. The summed E-state index contributed by atoms with van der Waals surface area (Å²) in [5.74, 6) is 0.115. The molecular formula is C18H17BrN2O. The van der Waals surface area contributed by atoms with E-state index in [0.717, 1.165) is 22.0 Å². The van der Waals surface area contributed by atoms with E-state index in [1.807, 2.05) is 36.4 Å². The molecule has 2 rings (SSSR count). The Kier molecular flexibility index (Phi) is 5.74. The van der Waals surface area contributed by atoms with Gasteiger partial charge in [0.2, 0.25) is 5.91 Å². The van der Waals surface area contributed by atoms with Crippen molar-refractivity contribution in [3.05, 3.63) is 69.7 Å². The van der Waals surface area contributed by atoms with E-state index in [0.29, 0.717) is 18.5 Å². The van der Waals surface area contributed by atoms with Gasteiger partial charge in [-0.1, -0.05) is 40.2 Å². The van der Waals surface area contributed by atoms with Crippen molar-refractivity contribution in [3.8, 4) is 6.07 Å². The maximum Gasteiger partial charge on any atom is 0.222 e. The van der Waals surface area contributed by atoms with Gasteiger partial charge in [-0.2, -0.15) is 5.26 Å². The molecule has 3 nitrogen and oxygen atoms in total. The van der Waals surface area contributed by atoms with E-state index in [9.17, 15) is 4.79 Å². The molecule has 0 saturated carbocycles. The molecule has 0 aliphatic rings. The molecule has 4 heteroatoms. The van der Waals surface area contributed by atoms with Crippen LogP contribution < -0.4 is 0 Å². The third-order valence-corrected chi connectivity index (χ3v) is 3.94. The summed E-state index contributed by atoms with van der Waals surface area (Å²) in [5.41, 5.74) is 2.80. The molecule has 0 radical (unpaired) electrons. The summed E-state index contributed by atoms with van der Waals surface area (Å²) in [6.45, 7) is 0.559. The fourth-order valence-electron chi connectivity index (χ4n) is 2.18. The zero-order valence-corrected chi connectivity index (χ0v) is 14.0. The first-order valence-electron chi connectivity index (χ1n) is 7.06. The van der Waals surface area contributed by atoms with Gasteiger partial charge in [-0.15, -0.1) is 0 Å². The molecule has 0 fully saturated rings. The van der Waals surface area contributed by atoms with Crippen molar-refractivity contribution in [2.75, 3.05) is 7.05 Å². The van der Waals surface area contributed by atoms with Crippen molar-refractivity contribution in [3.63, 3.8) is 0 Å². The summed E-state index contributed by atoms with van der Waals surface area (Å²) in [4.78, 5) is 13.9. The zero-order valence-electron chi connectivity index (χ0n) is 12.4. The van der Waals surface area contributed by atoms with Crippen LogP contribution in [0.5, 0.6) is 0 Å². The number of amides is 1. The minimum absolute atomic E-state index is 0.115. The smallest absolute Gasteiger partial charge is 0.222 e. The van der Waals surface area contributed by atoms with Gasteiger partial charge in [0.1, 0.15) is 0 Å². The summed E-state index contributed by atoms with van der Waals surface area (Å²) in [5, 5.41) is 8.78. The topological polar surface area (TPSA) is 44.1 Å². The number of halogens is 1. The van der Waals surface area contributed by atoms with Crippen LogP contribution in [-0.4, -0.2) is 17.9 Å². The fourth-order valence-corrected chi connectivity index (χ4v) is 2.63. The predicted molar refractivity (Wildman–Crippen MR) is 90.1 cm³/mol. The third-order valence-electron chi connectivity index (χ3n) is 3.45. The number of benzene rings is 2. The molecule has 0 aliphatic carbocycles. The Hall–Kier alpha value is -2.12. The van der Waals surface area contributed by atoms with Crippen LogP contribution in [0.15, 0.2) is 53.0 Å². The number of nitriles is 1. The highest BCUT2D eigenvalue weighted by atomic mass is 79.9. The predicted octanol–water partition coefficient (Wildman–Crippen LogP) is 3.91. The Labute approximate surface area is 139 Å². The number of carbonyl (C=O) groups excluding carboxylic acids is 1. The van der Waals surface area contributed by atoms with Gasteiger partial charge < -0.3 is 4.90 Å². The van der Waals surface area contributed by atoms with Crippen LogP contribution in [-0.2, 0) is 17.8 Å². The number of hydrogen-bond acceptors (Lipinski definition) is 2. The molecule has 0 saturated heterocycles. The second-order valence-electron chi connectivity index (χ2n) is 5.19. The fraction of sp³-hybridized carbons (Fsp3) is 0.222. The zero-order chi connectivity index (χ0) is 15.9. The Balaban J connectivity index is 1.87. The van der Waals surface area contributed by atoms with E-state index >= 15 is 0 Å². The molecule has 0 N–H and O–H groups in total. The maximum atomic E-state index is 12.2. The first kappa shape index (κ1) is 16.3. The Morgan fingerprint density at radius 1 is 1.18 bits per heavy atom. The second kappa shape index (κ2) is 7.77. The highest BCUT2D eigenvalue weighted by Gasteiger charge is 2.09. The molecule has 2 aromatic carbocycles. The average Bonchev–Trinajstić information content (AvgIpc) is 2.53. The first-order chi connectivity index (χ1) is 10.6. The average molecular weight is 357 g/mol. The van der Waals surface area contributed by atoms with Crippen molar-refractivity contribution in [1.82, 2.24) is 4.90 Å². The summed E-state index contributed by atoms with van der Waals surface area (Å²) in [6, 6.07) is 17.4. The van der Waals surface area contributed by atoms with E-state index in [4.69, 9.17) is 5.26 Å². The number of aryl methyl sites for hydroxylation is 1. The van der Waals surface area contributed by atoms with Gasteiger partial charge in [-0.3, -0.25) is 4.79 Å². The molecular weight excluding hydrogens is 340 g/mol. The van der Waals surface area contributed by atoms with Gasteiger partial charge in [-0.25, -0.2) is 0 Å². The highest BCUT2D eigenvalue weighted by Crippen LogP contribution is 2.14. The minimum atomic E-state index is 0.115. The lowest BCUT2D eigenvalue weighted by atomic mass is 10.1. The Morgan fingerprint density at radius 2 is 1.91 bits per heavy atom. The monoisotopic (exact) mass is 356 g/mol. The molecule has 0 atom stereocenters. The molecule has 2 aromatic rings. The summed E-state index contributed by atoms with van der Waals surface area (Å²) >= 11 is 3.44. The van der Waals surface area contributed by atoms with Crippen molar-refractivity contribution in [2.45, 2.75) is 19.4 Å². The summed E-state index contributed by atoms with van der Waals surface area (Å²) in [6.07, 6.45) is 1.22. The van der Waals surface area contributed by atoms with E-state index in [1.165, 1.54) is 0 Å². The first-order valence-corrected chi connectivity index (χ1v) is 7.85. The van der Waals surface area contributed by atoms with E-state index in [2.05, 4.69) is 22.0 Å². The van der Waals surface area contributed by atoms with Crippen LogP contribution in [0.3, 0.4) is 0 Å². The normalized spacial score (nSPS) is 10.0. The van der Waals surface area contributed by atoms with Crippen LogP contribution in [0, 0.1) is 11.3 Å². The van der Waals surface area contributed by atoms with Crippen molar-refractivity contribution in [2.24, 2.45) is 0 Å². The van der Waals surface area contributed by atoms with Gasteiger partial charge in [0.25, 0.3) is 0 Å². The van der Waals surface area contributed by atoms with Crippen LogP contribution in [0.1, 0.15) is 23.1 Å². The molecule has 22 heavy (non-hydrogen) atoms. The number of rotatable bonds is 5. The van der Waals surface area contributed by atoms with Crippen molar-refractivity contribution >= 4 is 21.8 Å².